The maximum atomic E-state index is 12.4. The number of aromatic nitrogens is 1. The summed E-state index contributed by atoms with van der Waals surface area (Å²) >= 11 is 3.33. The van der Waals surface area contributed by atoms with Crippen LogP contribution >= 0.6 is 15.9 Å². The number of benzene rings is 2. The highest BCUT2D eigenvalue weighted by Crippen LogP contribution is 2.32. The van der Waals surface area contributed by atoms with Crippen molar-refractivity contribution in [2.75, 3.05) is 23.3 Å². The van der Waals surface area contributed by atoms with Crippen LogP contribution < -0.4 is 10.2 Å². The SMILES string of the molecule is O=C(Nc1cnc(N2CC[C@H](c3ccccc3)C2)c(C(=O)O)c1)c1ccc(Br)cc1. The number of aromatic carboxylic acids is 1. The highest BCUT2D eigenvalue weighted by Gasteiger charge is 2.28. The molecule has 0 saturated carbocycles. The number of carbonyl (C=O) groups is 2. The van der Waals surface area contributed by atoms with Gasteiger partial charge in [-0.1, -0.05) is 46.3 Å². The molecule has 2 heterocycles. The molecule has 0 unspecified atom stereocenters. The van der Waals surface area contributed by atoms with Gasteiger partial charge >= 0.3 is 5.97 Å². The molecule has 0 aliphatic carbocycles. The summed E-state index contributed by atoms with van der Waals surface area (Å²) in [6.45, 7) is 1.44. The lowest BCUT2D eigenvalue weighted by molar-refractivity contribution is 0.0697. The Labute approximate surface area is 182 Å². The molecule has 1 fully saturated rings. The van der Waals surface area contributed by atoms with E-state index in [0.29, 0.717) is 29.5 Å². The molecule has 30 heavy (non-hydrogen) atoms. The maximum absolute atomic E-state index is 12.4. The van der Waals surface area contributed by atoms with Crippen LogP contribution in [0.1, 0.15) is 38.6 Å². The van der Waals surface area contributed by atoms with Gasteiger partial charge in [0.1, 0.15) is 11.4 Å². The minimum absolute atomic E-state index is 0.0808. The van der Waals surface area contributed by atoms with Crippen LogP contribution in [-0.4, -0.2) is 35.1 Å². The van der Waals surface area contributed by atoms with E-state index in [4.69, 9.17) is 0 Å². The fourth-order valence-electron chi connectivity index (χ4n) is 3.69. The average molecular weight is 466 g/mol. The van der Waals surface area contributed by atoms with Crippen molar-refractivity contribution < 1.29 is 14.7 Å². The number of rotatable bonds is 5. The van der Waals surface area contributed by atoms with Crippen LogP contribution in [0.2, 0.25) is 0 Å². The summed E-state index contributed by atoms with van der Waals surface area (Å²) < 4.78 is 0.873. The summed E-state index contributed by atoms with van der Waals surface area (Å²) in [4.78, 5) is 30.7. The number of amides is 1. The first-order chi connectivity index (χ1) is 14.5. The van der Waals surface area contributed by atoms with E-state index in [-0.39, 0.29) is 11.5 Å². The van der Waals surface area contributed by atoms with Gasteiger partial charge in [-0.05, 0) is 42.3 Å². The number of hydrogen-bond donors (Lipinski definition) is 2. The Hall–Kier alpha value is -3.19. The number of carboxylic acid groups (broad SMARTS) is 1. The van der Waals surface area contributed by atoms with Gasteiger partial charge in [0.15, 0.2) is 0 Å². The Balaban J connectivity index is 1.53. The van der Waals surface area contributed by atoms with E-state index in [0.717, 1.165) is 17.4 Å². The molecule has 3 aromatic rings. The molecule has 2 aromatic carbocycles. The van der Waals surface area contributed by atoms with Crippen LogP contribution in [0.25, 0.3) is 0 Å². The van der Waals surface area contributed by atoms with Gasteiger partial charge in [0.2, 0.25) is 0 Å². The van der Waals surface area contributed by atoms with Crippen molar-refractivity contribution in [1.82, 2.24) is 4.98 Å². The van der Waals surface area contributed by atoms with E-state index in [9.17, 15) is 14.7 Å². The predicted octanol–water partition coefficient (Wildman–Crippen LogP) is 4.79. The summed E-state index contributed by atoms with van der Waals surface area (Å²) in [6.07, 6.45) is 2.45. The second-order valence-corrected chi connectivity index (χ2v) is 8.12. The van der Waals surface area contributed by atoms with Crippen molar-refractivity contribution in [3.8, 4) is 0 Å². The third-order valence-electron chi connectivity index (χ3n) is 5.22. The molecule has 1 saturated heterocycles. The summed E-state index contributed by atoms with van der Waals surface area (Å²) in [7, 11) is 0. The quantitative estimate of drug-likeness (QED) is 0.565. The van der Waals surface area contributed by atoms with E-state index >= 15 is 0 Å². The van der Waals surface area contributed by atoms with E-state index in [1.807, 2.05) is 23.1 Å². The third kappa shape index (κ3) is 4.36. The van der Waals surface area contributed by atoms with Crippen molar-refractivity contribution in [3.05, 3.63) is 88.0 Å². The Morgan fingerprint density at radius 3 is 2.53 bits per heavy atom. The summed E-state index contributed by atoms with van der Waals surface area (Å²) in [6, 6.07) is 18.6. The van der Waals surface area contributed by atoms with Crippen LogP contribution in [0.5, 0.6) is 0 Å². The van der Waals surface area contributed by atoms with Crippen LogP contribution in [0.15, 0.2) is 71.3 Å². The monoisotopic (exact) mass is 465 g/mol. The number of hydrogen-bond acceptors (Lipinski definition) is 4. The fourth-order valence-corrected chi connectivity index (χ4v) is 3.95. The number of carboxylic acids is 1. The van der Waals surface area contributed by atoms with Crippen molar-refractivity contribution >= 4 is 39.3 Å². The fraction of sp³-hybridized carbons (Fsp3) is 0.174. The van der Waals surface area contributed by atoms with E-state index in [1.165, 1.54) is 17.8 Å². The average Bonchev–Trinajstić information content (AvgIpc) is 3.25. The van der Waals surface area contributed by atoms with Crippen LogP contribution in [0.3, 0.4) is 0 Å². The van der Waals surface area contributed by atoms with Gasteiger partial charge in [0.25, 0.3) is 5.91 Å². The standard InChI is InChI=1S/C23H20BrN3O3/c24-18-8-6-16(7-9-18)22(28)26-19-12-20(23(29)30)21(25-13-19)27-11-10-17(14-27)15-4-2-1-3-5-15/h1-9,12-13,17H,10-11,14H2,(H,26,28)(H,29,30)/t17-/m0/s1. The molecule has 6 nitrogen and oxygen atoms in total. The third-order valence-corrected chi connectivity index (χ3v) is 5.75. The van der Waals surface area contributed by atoms with Gasteiger partial charge in [-0.2, -0.15) is 0 Å². The molecular weight excluding hydrogens is 446 g/mol. The van der Waals surface area contributed by atoms with Gasteiger partial charge in [0.05, 0.1) is 11.9 Å². The maximum Gasteiger partial charge on any atom is 0.339 e. The number of nitrogens with zero attached hydrogens (tertiary/aromatic N) is 2. The molecule has 152 valence electrons. The topological polar surface area (TPSA) is 82.5 Å². The largest absolute Gasteiger partial charge is 0.478 e. The van der Waals surface area contributed by atoms with Gasteiger partial charge in [0, 0.05) is 29.0 Å². The zero-order valence-electron chi connectivity index (χ0n) is 16.1. The second kappa shape index (κ2) is 8.67. The van der Waals surface area contributed by atoms with Crippen molar-refractivity contribution in [3.63, 3.8) is 0 Å². The minimum atomic E-state index is -1.07. The first kappa shape index (κ1) is 20.1. The van der Waals surface area contributed by atoms with Crippen molar-refractivity contribution in [2.24, 2.45) is 0 Å². The highest BCUT2D eigenvalue weighted by molar-refractivity contribution is 9.10. The highest BCUT2D eigenvalue weighted by atomic mass is 79.9. The molecule has 0 spiro atoms. The molecule has 1 aliphatic rings. The smallest absolute Gasteiger partial charge is 0.339 e. The Morgan fingerprint density at radius 2 is 1.83 bits per heavy atom. The molecular formula is C23H20BrN3O3. The zero-order valence-corrected chi connectivity index (χ0v) is 17.7. The number of anilines is 2. The van der Waals surface area contributed by atoms with Gasteiger partial charge in [-0.3, -0.25) is 4.79 Å². The lowest BCUT2D eigenvalue weighted by Gasteiger charge is -2.20. The molecule has 7 heteroatoms. The summed E-state index contributed by atoms with van der Waals surface area (Å²) in [5.74, 6) is -0.617. The second-order valence-electron chi connectivity index (χ2n) is 7.20. The zero-order chi connectivity index (χ0) is 21.1. The first-order valence-corrected chi connectivity index (χ1v) is 10.4. The molecule has 0 radical (unpaired) electrons. The molecule has 1 atom stereocenters. The van der Waals surface area contributed by atoms with Crippen LogP contribution in [0, 0.1) is 0 Å². The molecule has 2 N–H and O–H groups in total. The number of halogens is 1. The summed E-state index contributed by atoms with van der Waals surface area (Å²) in [5.41, 5.74) is 2.15. The van der Waals surface area contributed by atoms with E-state index in [2.05, 4.69) is 38.4 Å². The molecule has 1 amide bonds. The lowest BCUT2D eigenvalue weighted by Crippen LogP contribution is -2.23. The summed E-state index contributed by atoms with van der Waals surface area (Å²) in [5, 5.41) is 12.5. The first-order valence-electron chi connectivity index (χ1n) is 9.61. The minimum Gasteiger partial charge on any atom is -0.478 e. The van der Waals surface area contributed by atoms with Gasteiger partial charge < -0.3 is 15.3 Å². The van der Waals surface area contributed by atoms with Crippen molar-refractivity contribution in [2.45, 2.75) is 12.3 Å². The number of nitrogens with one attached hydrogen (secondary N) is 1. The number of carbonyl (C=O) groups excluding carboxylic acids is 1. The molecule has 4 rings (SSSR count). The molecule has 1 aromatic heterocycles. The van der Waals surface area contributed by atoms with Crippen LogP contribution in [-0.2, 0) is 0 Å². The normalized spacial score (nSPS) is 15.8. The Bertz CT molecular complexity index is 1070. The molecule has 0 bridgehead atoms. The number of pyridine rings is 1. The van der Waals surface area contributed by atoms with Gasteiger partial charge in [-0.15, -0.1) is 0 Å². The Kier molecular flexibility index (Phi) is 5.81. The molecule has 1 aliphatic heterocycles. The van der Waals surface area contributed by atoms with E-state index in [1.54, 1.807) is 24.3 Å². The van der Waals surface area contributed by atoms with Gasteiger partial charge in [-0.25, -0.2) is 9.78 Å². The lowest BCUT2D eigenvalue weighted by atomic mass is 9.99. The van der Waals surface area contributed by atoms with E-state index < -0.39 is 5.97 Å². The Morgan fingerprint density at radius 1 is 1.10 bits per heavy atom. The predicted molar refractivity (Wildman–Crippen MR) is 119 cm³/mol. The van der Waals surface area contributed by atoms with Crippen molar-refractivity contribution in [1.29, 1.82) is 0 Å². The van der Waals surface area contributed by atoms with Crippen LogP contribution in [0.4, 0.5) is 11.5 Å².